The summed E-state index contributed by atoms with van der Waals surface area (Å²) in [6.07, 6.45) is 3.72. The third-order valence-electron chi connectivity index (χ3n) is 3.20. The molecule has 0 aliphatic rings. The van der Waals surface area contributed by atoms with Crippen molar-refractivity contribution in [3.8, 4) is 0 Å². The summed E-state index contributed by atoms with van der Waals surface area (Å²) in [7, 11) is 0. The Morgan fingerprint density at radius 3 is 2.68 bits per heavy atom. The molecule has 0 radical (unpaired) electrons. The highest BCUT2D eigenvalue weighted by molar-refractivity contribution is 5.94. The highest BCUT2D eigenvalue weighted by Gasteiger charge is 2.14. The summed E-state index contributed by atoms with van der Waals surface area (Å²) in [5, 5.41) is 12.0. The van der Waals surface area contributed by atoms with Crippen LogP contribution in [-0.4, -0.2) is 15.6 Å². The number of aliphatic hydroxyl groups is 1. The molecule has 0 aliphatic carbocycles. The molecule has 0 saturated heterocycles. The van der Waals surface area contributed by atoms with E-state index in [2.05, 4.69) is 5.32 Å². The average molecular weight is 258 g/mol. The fourth-order valence-electron chi connectivity index (χ4n) is 1.88. The van der Waals surface area contributed by atoms with Crippen LogP contribution in [0.3, 0.4) is 0 Å². The van der Waals surface area contributed by atoms with Gasteiger partial charge in [-0.1, -0.05) is 12.1 Å². The minimum absolute atomic E-state index is 0.0314. The molecule has 0 saturated carbocycles. The number of nitrogens with one attached hydrogen (secondary N) is 1. The Kier molecular flexibility index (Phi) is 4.02. The third-order valence-corrected chi connectivity index (χ3v) is 3.20. The molecule has 0 aliphatic heterocycles. The van der Waals surface area contributed by atoms with Gasteiger partial charge in [0, 0.05) is 18.1 Å². The first-order valence-corrected chi connectivity index (χ1v) is 6.25. The highest BCUT2D eigenvalue weighted by Crippen LogP contribution is 2.19. The Balaban J connectivity index is 2.14. The molecular formula is C15H18N2O2. The number of rotatable bonds is 4. The number of carbonyl (C=O) groups excluding carboxylic acids is 1. The number of anilines is 1. The molecule has 1 heterocycles. The molecule has 2 aromatic rings. The fraction of sp³-hybridized carbons (Fsp3) is 0.267. The number of nitrogens with zero attached hydrogens (tertiary/aromatic N) is 1. The van der Waals surface area contributed by atoms with Crippen molar-refractivity contribution in [2.45, 2.75) is 26.5 Å². The normalized spacial score (nSPS) is 12.2. The summed E-state index contributed by atoms with van der Waals surface area (Å²) in [5.74, 6) is -0.0746. The van der Waals surface area contributed by atoms with E-state index in [1.165, 1.54) is 0 Å². The van der Waals surface area contributed by atoms with Crippen molar-refractivity contribution in [3.63, 3.8) is 0 Å². The lowest BCUT2D eigenvalue weighted by Crippen LogP contribution is -2.23. The molecule has 1 unspecified atom stereocenters. The van der Waals surface area contributed by atoms with Crippen LogP contribution in [0.1, 0.15) is 24.1 Å². The summed E-state index contributed by atoms with van der Waals surface area (Å²) < 4.78 is 1.85. The minimum atomic E-state index is -0.271. The third kappa shape index (κ3) is 3.03. The van der Waals surface area contributed by atoms with Crippen molar-refractivity contribution in [2.75, 3.05) is 5.32 Å². The first kappa shape index (κ1) is 13.4. The standard InChI is InChI=1S/C15H18N2O2/c1-11-5-6-13(10-18)9-14(11)16-15(19)12(2)17-7-3-4-8-17/h3-9,12,18H,10H2,1-2H3,(H,16,19). The second kappa shape index (κ2) is 5.71. The Bertz CT molecular complexity index is 562. The van der Waals surface area contributed by atoms with E-state index in [0.29, 0.717) is 0 Å². The number of aliphatic hydroxyl groups excluding tert-OH is 1. The maximum Gasteiger partial charge on any atom is 0.247 e. The molecule has 100 valence electrons. The quantitative estimate of drug-likeness (QED) is 0.885. The number of hydrogen-bond donors (Lipinski definition) is 2. The Morgan fingerprint density at radius 1 is 1.37 bits per heavy atom. The van der Waals surface area contributed by atoms with Gasteiger partial charge >= 0.3 is 0 Å². The Morgan fingerprint density at radius 2 is 2.05 bits per heavy atom. The van der Waals surface area contributed by atoms with Gasteiger partial charge in [0.15, 0.2) is 0 Å². The summed E-state index contributed by atoms with van der Waals surface area (Å²) in [6, 6.07) is 9.05. The maximum atomic E-state index is 12.2. The molecule has 1 atom stereocenters. The van der Waals surface area contributed by atoms with Gasteiger partial charge < -0.3 is 15.0 Å². The lowest BCUT2D eigenvalue weighted by molar-refractivity contribution is -0.118. The average Bonchev–Trinajstić information content (AvgIpc) is 2.94. The zero-order valence-electron chi connectivity index (χ0n) is 11.1. The zero-order valence-corrected chi connectivity index (χ0v) is 11.1. The van der Waals surface area contributed by atoms with E-state index in [0.717, 1.165) is 16.8 Å². The van der Waals surface area contributed by atoms with Crippen LogP contribution in [-0.2, 0) is 11.4 Å². The fourth-order valence-corrected chi connectivity index (χ4v) is 1.88. The van der Waals surface area contributed by atoms with Gasteiger partial charge in [-0.2, -0.15) is 0 Å². The van der Waals surface area contributed by atoms with Crippen molar-refractivity contribution in [2.24, 2.45) is 0 Å². The van der Waals surface area contributed by atoms with Crippen molar-refractivity contribution in [3.05, 3.63) is 53.9 Å². The molecule has 1 amide bonds. The number of aryl methyl sites for hydroxylation is 1. The Labute approximate surface area is 112 Å². The Hall–Kier alpha value is -2.07. The van der Waals surface area contributed by atoms with E-state index in [4.69, 9.17) is 5.11 Å². The van der Waals surface area contributed by atoms with Gasteiger partial charge in [0.1, 0.15) is 6.04 Å². The lowest BCUT2D eigenvalue weighted by Gasteiger charge is -2.15. The van der Waals surface area contributed by atoms with Gasteiger partial charge in [0.05, 0.1) is 6.61 Å². The zero-order chi connectivity index (χ0) is 13.8. The van der Waals surface area contributed by atoms with Gasteiger partial charge in [0.2, 0.25) is 5.91 Å². The van der Waals surface area contributed by atoms with Gasteiger partial charge in [-0.25, -0.2) is 0 Å². The molecular weight excluding hydrogens is 240 g/mol. The molecule has 2 N–H and O–H groups in total. The molecule has 1 aromatic heterocycles. The smallest absolute Gasteiger partial charge is 0.247 e. The predicted molar refractivity (Wildman–Crippen MR) is 74.9 cm³/mol. The van der Waals surface area contributed by atoms with Crippen LogP contribution >= 0.6 is 0 Å². The van der Waals surface area contributed by atoms with Gasteiger partial charge in [-0.15, -0.1) is 0 Å². The van der Waals surface area contributed by atoms with E-state index >= 15 is 0 Å². The topological polar surface area (TPSA) is 54.3 Å². The number of hydrogen-bond acceptors (Lipinski definition) is 2. The summed E-state index contributed by atoms with van der Waals surface area (Å²) in [5.41, 5.74) is 2.51. The second-order valence-electron chi connectivity index (χ2n) is 4.60. The van der Waals surface area contributed by atoms with E-state index < -0.39 is 0 Å². The SMILES string of the molecule is Cc1ccc(CO)cc1NC(=O)C(C)n1cccc1. The van der Waals surface area contributed by atoms with Crippen molar-refractivity contribution >= 4 is 11.6 Å². The van der Waals surface area contributed by atoms with E-state index in [1.807, 2.05) is 55.1 Å². The lowest BCUT2D eigenvalue weighted by atomic mass is 10.1. The monoisotopic (exact) mass is 258 g/mol. The number of aromatic nitrogens is 1. The molecule has 1 aromatic carbocycles. The minimum Gasteiger partial charge on any atom is -0.392 e. The van der Waals surface area contributed by atoms with Gasteiger partial charge in [-0.05, 0) is 43.2 Å². The van der Waals surface area contributed by atoms with Crippen LogP contribution in [0.25, 0.3) is 0 Å². The van der Waals surface area contributed by atoms with Crippen LogP contribution in [0.15, 0.2) is 42.7 Å². The van der Waals surface area contributed by atoms with E-state index in [9.17, 15) is 4.79 Å². The number of carbonyl (C=O) groups is 1. The molecule has 0 fully saturated rings. The van der Waals surface area contributed by atoms with Gasteiger partial charge in [-0.3, -0.25) is 4.79 Å². The van der Waals surface area contributed by atoms with E-state index in [1.54, 1.807) is 6.07 Å². The van der Waals surface area contributed by atoms with Crippen LogP contribution in [0.2, 0.25) is 0 Å². The van der Waals surface area contributed by atoms with Gasteiger partial charge in [0.25, 0.3) is 0 Å². The largest absolute Gasteiger partial charge is 0.392 e. The number of benzene rings is 1. The van der Waals surface area contributed by atoms with Crippen LogP contribution in [0, 0.1) is 6.92 Å². The molecule has 0 spiro atoms. The summed E-state index contributed by atoms with van der Waals surface area (Å²) in [6.45, 7) is 3.74. The maximum absolute atomic E-state index is 12.2. The van der Waals surface area contributed by atoms with Crippen LogP contribution in [0.5, 0.6) is 0 Å². The second-order valence-corrected chi connectivity index (χ2v) is 4.60. The molecule has 2 rings (SSSR count). The van der Waals surface area contributed by atoms with Crippen LogP contribution < -0.4 is 5.32 Å². The molecule has 0 bridgehead atoms. The summed E-state index contributed by atoms with van der Waals surface area (Å²) in [4.78, 5) is 12.2. The first-order valence-electron chi connectivity index (χ1n) is 6.25. The van der Waals surface area contributed by atoms with Crippen molar-refractivity contribution in [1.82, 2.24) is 4.57 Å². The first-order chi connectivity index (χ1) is 9.11. The summed E-state index contributed by atoms with van der Waals surface area (Å²) >= 11 is 0. The van der Waals surface area contributed by atoms with Crippen LogP contribution in [0.4, 0.5) is 5.69 Å². The van der Waals surface area contributed by atoms with Crippen molar-refractivity contribution < 1.29 is 9.90 Å². The molecule has 19 heavy (non-hydrogen) atoms. The van der Waals surface area contributed by atoms with Crippen molar-refractivity contribution in [1.29, 1.82) is 0 Å². The number of amides is 1. The van der Waals surface area contributed by atoms with E-state index in [-0.39, 0.29) is 18.6 Å². The molecule has 4 heteroatoms. The highest BCUT2D eigenvalue weighted by atomic mass is 16.3. The molecule has 4 nitrogen and oxygen atoms in total. The predicted octanol–water partition coefficient (Wildman–Crippen LogP) is 2.49.